The number of hydrogen-bond donors (Lipinski definition) is 1. The van der Waals surface area contributed by atoms with Gasteiger partial charge in [-0.15, -0.1) is 0 Å². The quantitative estimate of drug-likeness (QED) is 0.264. The predicted octanol–water partition coefficient (Wildman–Crippen LogP) is 5.14. The Morgan fingerprint density at radius 3 is 2.54 bits per heavy atom. The number of ether oxygens (including phenoxy) is 2. The van der Waals surface area contributed by atoms with E-state index in [9.17, 15) is 4.79 Å². The largest absolute Gasteiger partial charge is 0.465 e. The summed E-state index contributed by atoms with van der Waals surface area (Å²) in [5.41, 5.74) is 4.23. The van der Waals surface area contributed by atoms with Crippen LogP contribution >= 0.6 is 12.2 Å². The number of carbonyl (C=O) groups is 1. The molecule has 2 aliphatic heterocycles. The number of carbonyl (C=O) groups excluding carboxylic acids is 1. The number of esters is 1. The topological polar surface area (TPSA) is 80.1 Å². The summed E-state index contributed by atoms with van der Waals surface area (Å²) in [5, 5.41) is 4.07. The molecule has 2 atom stereocenters. The molecule has 0 unspecified atom stereocenters. The average Bonchev–Trinajstić information content (AvgIpc) is 3.62. The van der Waals surface area contributed by atoms with Crippen molar-refractivity contribution in [3.8, 4) is 11.3 Å². The van der Waals surface area contributed by atoms with Crippen molar-refractivity contribution in [3.05, 3.63) is 102 Å². The lowest BCUT2D eigenvalue weighted by molar-refractivity contribution is 0.0600. The van der Waals surface area contributed by atoms with Gasteiger partial charge in [0.25, 0.3) is 0 Å². The second-order valence-corrected chi connectivity index (χ2v) is 9.77. The van der Waals surface area contributed by atoms with Gasteiger partial charge in [-0.3, -0.25) is 4.98 Å². The highest BCUT2D eigenvalue weighted by molar-refractivity contribution is 7.80. The Balaban J connectivity index is 1.36. The van der Waals surface area contributed by atoms with Crippen LogP contribution in [-0.2, 0) is 9.47 Å². The standard InChI is InChI=1S/C30H28N4O4S/c1-36-29(35)21-6-4-5-20(19-21)25-12-13-26(38-25)28-27(24-7-2-3-14-31-24)32-30(39)34(28)23-10-8-22(9-11-23)33-15-17-37-18-16-33/h2-14,19,27-28H,15-18H2,1H3,(H,32,39)/t27-,28+/m1/s1. The number of pyridine rings is 1. The van der Waals surface area contributed by atoms with Crippen LogP contribution in [0.4, 0.5) is 11.4 Å². The van der Waals surface area contributed by atoms with E-state index in [0.717, 1.165) is 54.7 Å². The smallest absolute Gasteiger partial charge is 0.337 e. The van der Waals surface area contributed by atoms with Crippen molar-refractivity contribution in [2.45, 2.75) is 12.1 Å². The van der Waals surface area contributed by atoms with Crippen LogP contribution < -0.4 is 15.1 Å². The van der Waals surface area contributed by atoms with E-state index in [1.54, 1.807) is 18.3 Å². The molecule has 2 aliphatic rings. The van der Waals surface area contributed by atoms with Crippen molar-refractivity contribution in [1.82, 2.24) is 10.3 Å². The highest BCUT2D eigenvalue weighted by Gasteiger charge is 2.42. The molecule has 0 radical (unpaired) electrons. The highest BCUT2D eigenvalue weighted by atomic mass is 32.1. The number of aromatic nitrogens is 1. The molecule has 9 heteroatoms. The summed E-state index contributed by atoms with van der Waals surface area (Å²) in [7, 11) is 1.37. The monoisotopic (exact) mass is 540 g/mol. The Bertz CT molecular complexity index is 1470. The third-order valence-corrected chi connectivity index (χ3v) is 7.40. The Kier molecular flexibility index (Phi) is 7.00. The number of morpholine rings is 1. The molecule has 0 saturated carbocycles. The molecule has 0 aliphatic carbocycles. The number of rotatable bonds is 6. The van der Waals surface area contributed by atoms with E-state index in [1.807, 2.05) is 42.5 Å². The van der Waals surface area contributed by atoms with E-state index in [-0.39, 0.29) is 12.1 Å². The van der Waals surface area contributed by atoms with Gasteiger partial charge in [-0.1, -0.05) is 18.2 Å². The van der Waals surface area contributed by atoms with Crippen molar-refractivity contribution >= 4 is 34.7 Å². The number of nitrogens with one attached hydrogen (secondary N) is 1. The fourth-order valence-electron chi connectivity index (χ4n) is 5.15. The number of hydrogen-bond acceptors (Lipinski definition) is 7. The van der Waals surface area contributed by atoms with E-state index in [4.69, 9.17) is 26.1 Å². The van der Waals surface area contributed by atoms with Crippen LogP contribution in [0.3, 0.4) is 0 Å². The van der Waals surface area contributed by atoms with E-state index in [0.29, 0.717) is 16.4 Å². The molecule has 4 aromatic rings. The minimum atomic E-state index is -0.393. The number of anilines is 2. The third-order valence-electron chi connectivity index (χ3n) is 7.09. The summed E-state index contributed by atoms with van der Waals surface area (Å²) in [5.74, 6) is 0.987. The Morgan fingerprint density at radius 2 is 1.79 bits per heavy atom. The van der Waals surface area contributed by atoms with Gasteiger partial charge in [0, 0.05) is 36.2 Å². The van der Waals surface area contributed by atoms with Gasteiger partial charge in [-0.2, -0.15) is 0 Å². The van der Waals surface area contributed by atoms with Crippen LogP contribution in [0.2, 0.25) is 0 Å². The molecule has 4 heterocycles. The molecule has 39 heavy (non-hydrogen) atoms. The zero-order chi connectivity index (χ0) is 26.8. The van der Waals surface area contributed by atoms with Gasteiger partial charge in [-0.25, -0.2) is 4.79 Å². The summed E-state index contributed by atoms with van der Waals surface area (Å²) >= 11 is 5.86. The fourth-order valence-corrected chi connectivity index (χ4v) is 5.50. The molecule has 0 spiro atoms. The molecule has 2 aromatic heterocycles. The van der Waals surface area contributed by atoms with Crippen LogP contribution in [0.1, 0.15) is 33.9 Å². The number of thiocarbonyl (C=S) groups is 1. The van der Waals surface area contributed by atoms with Crippen LogP contribution in [0, 0.1) is 0 Å². The van der Waals surface area contributed by atoms with Crippen molar-refractivity contribution in [2.24, 2.45) is 0 Å². The van der Waals surface area contributed by atoms with Gasteiger partial charge in [0.05, 0.1) is 37.6 Å². The zero-order valence-corrected chi connectivity index (χ0v) is 22.3. The lowest BCUT2D eigenvalue weighted by Crippen LogP contribution is -2.36. The van der Waals surface area contributed by atoms with Crippen LogP contribution in [0.25, 0.3) is 11.3 Å². The van der Waals surface area contributed by atoms with Crippen molar-refractivity contribution in [3.63, 3.8) is 0 Å². The number of benzene rings is 2. The van der Waals surface area contributed by atoms with E-state index < -0.39 is 5.97 Å². The molecule has 6 rings (SSSR count). The summed E-state index contributed by atoms with van der Waals surface area (Å²) in [6, 6.07) is 24.9. The SMILES string of the molecule is COC(=O)c1cccc(-c2ccc([C@H]3[C@@H](c4ccccn4)NC(=S)N3c3ccc(N4CCOCC4)cc3)o2)c1. The first-order valence-electron chi connectivity index (χ1n) is 12.8. The molecule has 0 amide bonds. The molecule has 2 aromatic carbocycles. The second kappa shape index (κ2) is 10.9. The molecule has 2 fully saturated rings. The maximum atomic E-state index is 12.1. The lowest BCUT2D eigenvalue weighted by atomic mass is 10.0. The van der Waals surface area contributed by atoms with Gasteiger partial charge in [0.15, 0.2) is 5.11 Å². The molecule has 1 N–H and O–H groups in total. The van der Waals surface area contributed by atoms with Crippen LogP contribution in [-0.4, -0.2) is 49.5 Å². The maximum Gasteiger partial charge on any atom is 0.337 e. The Hall–Kier alpha value is -4.21. The summed E-state index contributed by atoms with van der Waals surface area (Å²) in [4.78, 5) is 21.1. The Morgan fingerprint density at radius 1 is 1.00 bits per heavy atom. The molecular formula is C30H28N4O4S. The second-order valence-electron chi connectivity index (χ2n) is 9.39. The summed E-state index contributed by atoms with van der Waals surface area (Å²) in [6.07, 6.45) is 1.78. The van der Waals surface area contributed by atoms with Gasteiger partial charge >= 0.3 is 5.97 Å². The minimum Gasteiger partial charge on any atom is -0.465 e. The highest BCUT2D eigenvalue weighted by Crippen LogP contribution is 2.43. The summed E-state index contributed by atoms with van der Waals surface area (Å²) in [6.45, 7) is 3.22. The van der Waals surface area contributed by atoms with Gasteiger partial charge in [0.1, 0.15) is 17.6 Å². The van der Waals surface area contributed by atoms with Gasteiger partial charge < -0.3 is 29.0 Å². The Labute approximate surface area is 232 Å². The first-order valence-corrected chi connectivity index (χ1v) is 13.2. The minimum absolute atomic E-state index is 0.224. The number of methoxy groups -OCH3 is 1. The average molecular weight is 541 g/mol. The number of nitrogens with zero attached hydrogens (tertiary/aromatic N) is 3. The molecule has 8 nitrogen and oxygen atoms in total. The van der Waals surface area contributed by atoms with Crippen molar-refractivity contribution in [2.75, 3.05) is 43.2 Å². The van der Waals surface area contributed by atoms with Crippen molar-refractivity contribution < 1.29 is 18.7 Å². The third kappa shape index (κ3) is 4.98. The molecule has 198 valence electrons. The molecule has 0 bridgehead atoms. The maximum absolute atomic E-state index is 12.1. The van der Waals surface area contributed by atoms with Gasteiger partial charge in [0.2, 0.25) is 0 Å². The first kappa shape index (κ1) is 25.1. The lowest BCUT2D eigenvalue weighted by Gasteiger charge is -2.30. The fraction of sp³-hybridized carbons (Fsp3) is 0.233. The van der Waals surface area contributed by atoms with Crippen LogP contribution in [0.15, 0.2) is 89.5 Å². The van der Waals surface area contributed by atoms with Crippen molar-refractivity contribution in [1.29, 1.82) is 0 Å². The summed E-state index contributed by atoms with van der Waals surface area (Å²) < 4.78 is 16.8. The predicted molar refractivity (Wildman–Crippen MR) is 153 cm³/mol. The van der Waals surface area contributed by atoms with E-state index in [1.165, 1.54) is 7.11 Å². The molecular weight excluding hydrogens is 512 g/mol. The molecule has 2 saturated heterocycles. The van der Waals surface area contributed by atoms with E-state index in [2.05, 4.69) is 44.4 Å². The van der Waals surface area contributed by atoms with Crippen LogP contribution in [0.5, 0.6) is 0 Å². The first-order chi connectivity index (χ1) is 19.1. The normalized spacial score (nSPS) is 19.2. The number of furan rings is 1. The van der Waals surface area contributed by atoms with Gasteiger partial charge in [-0.05, 0) is 72.9 Å². The van der Waals surface area contributed by atoms with E-state index >= 15 is 0 Å². The zero-order valence-electron chi connectivity index (χ0n) is 21.4.